The second kappa shape index (κ2) is 8.13. The molecule has 0 spiro atoms. The van der Waals surface area contributed by atoms with Crippen LogP contribution in [0.2, 0.25) is 0 Å². The number of hydrogen-bond donors (Lipinski definition) is 0. The lowest BCUT2D eigenvalue weighted by Gasteiger charge is -2.26. The predicted octanol–water partition coefficient (Wildman–Crippen LogP) is 4.59. The Morgan fingerprint density at radius 2 is 1.96 bits per heavy atom. The Morgan fingerprint density at radius 3 is 2.59 bits per heavy atom. The number of benzene rings is 2. The van der Waals surface area contributed by atoms with Crippen molar-refractivity contribution in [2.24, 2.45) is 0 Å². The van der Waals surface area contributed by atoms with Crippen molar-refractivity contribution >= 4 is 27.9 Å². The van der Waals surface area contributed by atoms with Gasteiger partial charge >= 0.3 is 6.09 Å². The molecule has 142 valence electrons. The van der Waals surface area contributed by atoms with E-state index in [4.69, 9.17) is 9.47 Å². The van der Waals surface area contributed by atoms with E-state index in [0.29, 0.717) is 0 Å². The summed E-state index contributed by atoms with van der Waals surface area (Å²) >= 11 is 3.52. The highest BCUT2D eigenvalue weighted by Crippen LogP contribution is 2.34. The number of imide groups is 1. The fourth-order valence-corrected chi connectivity index (χ4v) is 3.88. The van der Waals surface area contributed by atoms with Crippen molar-refractivity contribution in [2.45, 2.75) is 30.6 Å². The van der Waals surface area contributed by atoms with Gasteiger partial charge in [0.05, 0.1) is 7.11 Å². The summed E-state index contributed by atoms with van der Waals surface area (Å²) in [6.07, 6.45) is -0.600. The molecule has 27 heavy (non-hydrogen) atoms. The van der Waals surface area contributed by atoms with E-state index in [0.717, 1.165) is 22.4 Å². The Labute approximate surface area is 167 Å². The largest absolute Gasteiger partial charge is 0.497 e. The molecule has 1 heterocycles. The average Bonchev–Trinajstić information content (AvgIpc) is 3.08. The van der Waals surface area contributed by atoms with Gasteiger partial charge < -0.3 is 9.47 Å². The van der Waals surface area contributed by atoms with E-state index in [1.807, 2.05) is 62.4 Å². The first kappa shape index (κ1) is 19.4. The summed E-state index contributed by atoms with van der Waals surface area (Å²) < 4.78 is 10.4. The van der Waals surface area contributed by atoms with Crippen LogP contribution in [0.3, 0.4) is 0 Å². The first-order valence-corrected chi connectivity index (χ1v) is 9.69. The van der Waals surface area contributed by atoms with Crippen molar-refractivity contribution in [3.05, 3.63) is 65.2 Å². The molecule has 0 N–H and O–H groups in total. The van der Waals surface area contributed by atoms with E-state index in [1.54, 1.807) is 7.11 Å². The number of alkyl halides is 1. The number of amides is 2. The van der Waals surface area contributed by atoms with Gasteiger partial charge in [0.2, 0.25) is 5.91 Å². The number of nitrogens with zero attached hydrogens (tertiary/aromatic N) is 1. The van der Waals surface area contributed by atoms with E-state index >= 15 is 0 Å². The predicted molar refractivity (Wildman–Crippen MR) is 106 cm³/mol. The van der Waals surface area contributed by atoms with E-state index < -0.39 is 17.0 Å². The molecule has 2 aromatic carbocycles. The second-order valence-electron chi connectivity index (χ2n) is 6.62. The van der Waals surface area contributed by atoms with Crippen LogP contribution >= 0.6 is 15.9 Å². The summed E-state index contributed by atoms with van der Waals surface area (Å²) in [7, 11) is 1.62. The summed E-state index contributed by atoms with van der Waals surface area (Å²) in [5.74, 6) is 0.343. The lowest BCUT2D eigenvalue weighted by Crippen LogP contribution is -2.40. The summed E-state index contributed by atoms with van der Waals surface area (Å²) in [4.78, 5) is 26.1. The van der Waals surface area contributed by atoms with Crippen molar-refractivity contribution in [1.29, 1.82) is 0 Å². The molecule has 0 unspecified atom stereocenters. The Balaban J connectivity index is 1.84. The Kier molecular flexibility index (Phi) is 5.85. The van der Waals surface area contributed by atoms with E-state index in [2.05, 4.69) is 15.9 Å². The van der Waals surface area contributed by atoms with Crippen LogP contribution in [0.5, 0.6) is 5.75 Å². The SMILES string of the molecule is COc1ccc([C@@H](C)[C@@H](Br)C(=O)N2C(=O)OC[C@@H]2c2ccccc2)c(C)c1. The van der Waals surface area contributed by atoms with Gasteiger partial charge in [-0.05, 0) is 35.7 Å². The van der Waals surface area contributed by atoms with Crippen LogP contribution < -0.4 is 4.74 Å². The maximum absolute atomic E-state index is 13.1. The molecule has 0 bridgehead atoms. The van der Waals surface area contributed by atoms with E-state index in [-0.39, 0.29) is 18.4 Å². The van der Waals surface area contributed by atoms with Crippen molar-refractivity contribution in [3.8, 4) is 5.75 Å². The average molecular weight is 432 g/mol. The fraction of sp³-hybridized carbons (Fsp3) is 0.333. The van der Waals surface area contributed by atoms with Crippen LogP contribution in [-0.2, 0) is 9.53 Å². The van der Waals surface area contributed by atoms with Crippen LogP contribution in [0.1, 0.15) is 35.6 Å². The van der Waals surface area contributed by atoms with Gasteiger partial charge in [0.25, 0.3) is 0 Å². The maximum Gasteiger partial charge on any atom is 0.417 e. The third-order valence-electron chi connectivity index (χ3n) is 4.94. The molecule has 0 aliphatic carbocycles. The van der Waals surface area contributed by atoms with Gasteiger partial charge in [0.15, 0.2) is 0 Å². The number of cyclic esters (lactones) is 1. The quantitative estimate of drug-likeness (QED) is 0.649. The number of carbonyl (C=O) groups is 2. The molecule has 3 rings (SSSR count). The molecule has 2 aromatic rings. The zero-order valence-electron chi connectivity index (χ0n) is 15.5. The molecule has 0 aromatic heterocycles. The number of halogens is 1. The van der Waals surface area contributed by atoms with Gasteiger partial charge in [-0.15, -0.1) is 0 Å². The monoisotopic (exact) mass is 431 g/mol. The third kappa shape index (κ3) is 3.86. The van der Waals surface area contributed by atoms with Gasteiger partial charge in [-0.2, -0.15) is 0 Å². The van der Waals surface area contributed by atoms with Gasteiger partial charge in [0.1, 0.15) is 23.2 Å². The molecule has 2 amide bonds. The highest BCUT2D eigenvalue weighted by atomic mass is 79.9. The lowest BCUT2D eigenvalue weighted by atomic mass is 9.92. The van der Waals surface area contributed by atoms with Crippen LogP contribution in [-0.4, -0.2) is 35.4 Å². The molecular weight excluding hydrogens is 410 g/mol. The Bertz CT molecular complexity index is 839. The molecule has 1 saturated heterocycles. The van der Waals surface area contributed by atoms with Gasteiger partial charge in [0, 0.05) is 5.92 Å². The molecule has 0 saturated carbocycles. The minimum absolute atomic E-state index is 0.131. The van der Waals surface area contributed by atoms with Crippen molar-refractivity contribution in [3.63, 3.8) is 0 Å². The molecule has 3 atom stereocenters. The molecule has 0 radical (unpaired) electrons. The number of ether oxygens (including phenoxy) is 2. The van der Waals surface area contributed by atoms with Gasteiger partial charge in [-0.1, -0.05) is 59.3 Å². The summed E-state index contributed by atoms with van der Waals surface area (Å²) in [5.41, 5.74) is 2.93. The fourth-order valence-electron chi connectivity index (χ4n) is 3.38. The van der Waals surface area contributed by atoms with Crippen LogP contribution in [0, 0.1) is 6.92 Å². The standard InChI is InChI=1S/C21H22BrNO4/c1-13-11-16(26-3)9-10-17(13)14(2)19(22)20(24)23-18(12-27-21(23)25)15-7-5-4-6-8-15/h4-11,14,18-19H,12H2,1-3H3/t14-,18-,19-/m1/s1. The normalized spacial score (nSPS) is 18.7. The summed E-state index contributed by atoms with van der Waals surface area (Å²) in [5, 5.41) is 0. The number of hydrogen-bond acceptors (Lipinski definition) is 4. The van der Waals surface area contributed by atoms with Gasteiger partial charge in [-0.3, -0.25) is 4.79 Å². The zero-order valence-corrected chi connectivity index (χ0v) is 17.1. The van der Waals surface area contributed by atoms with Crippen LogP contribution in [0.15, 0.2) is 48.5 Å². The molecular formula is C21H22BrNO4. The molecule has 6 heteroatoms. The van der Waals surface area contributed by atoms with Crippen molar-refractivity contribution in [2.75, 3.05) is 13.7 Å². The Hall–Kier alpha value is -2.34. The number of carbonyl (C=O) groups excluding carboxylic acids is 2. The van der Waals surface area contributed by atoms with Crippen molar-refractivity contribution < 1.29 is 19.1 Å². The second-order valence-corrected chi connectivity index (χ2v) is 7.61. The van der Waals surface area contributed by atoms with Crippen molar-refractivity contribution in [1.82, 2.24) is 4.90 Å². The minimum Gasteiger partial charge on any atom is -0.497 e. The number of methoxy groups -OCH3 is 1. The molecule has 1 aliphatic rings. The molecule has 1 fully saturated rings. The number of aryl methyl sites for hydroxylation is 1. The van der Waals surface area contributed by atoms with E-state index in [1.165, 1.54) is 4.90 Å². The first-order chi connectivity index (χ1) is 12.9. The highest BCUT2D eigenvalue weighted by molar-refractivity contribution is 9.10. The summed E-state index contributed by atoms with van der Waals surface area (Å²) in [6.45, 7) is 4.12. The first-order valence-electron chi connectivity index (χ1n) is 8.77. The van der Waals surface area contributed by atoms with Crippen LogP contribution in [0.4, 0.5) is 4.79 Å². The minimum atomic E-state index is -0.600. The molecule has 5 nitrogen and oxygen atoms in total. The third-order valence-corrected chi connectivity index (χ3v) is 6.12. The van der Waals surface area contributed by atoms with Gasteiger partial charge in [-0.25, -0.2) is 9.69 Å². The highest BCUT2D eigenvalue weighted by Gasteiger charge is 2.42. The number of rotatable bonds is 5. The van der Waals surface area contributed by atoms with Crippen LogP contribution in [0.25, 0.3) is 0 Å². The molecule has 1 aliphatic heterocycles. The lowest BCUT2D eigenvalue weighted by molar-refractivity contribution is -0.128. The summed E-state index contributed by atoms with van der Waals surface area (Å²) in [6, 6.07) is 14.8. The zero-order chi connectivity index (χ0) is 19.6. The smallest absolute Gasteiger partial charge is 0.417 e. The maximum atomic E-state index is 13.1. The Morgan fingerprint density at radius 1 is 1.26 bits per heavy atom. The topological polar surface area (TPSA) is 55.8 Å². The van der Waals surface area contributed by atoms with E-state index in [9.17, 15) is 9.59 Å².